The molecule has 1 aliphatic rings. The molecule has 0 aromatic heterocycles. The smallest absolute Gasteiger partial charge is 0.325 e. The van der Waals surface area contributed by atoms with Crippen molar-refractivity contribution in [3.8, 4) is 0 Å². The second-order valence-electron chi connectivity index (χ2n) is 8.52. The Hall–Kier alpha value is -1.81. The molecular formula is C21H32N2O2Si. The number of hydrogen-bond donors (Lipinski definition) is 1. The van der Waals surface area contributed by atoms with Crippen LogP contribution < -0.4 is 0 Å². The molecule has 0 saturated carbocycles. The summed E-state index contributed by atoms with van der Waals surface area (Å²) in [4.78, 5) is 16.3. The molecule has 142 valence electrons. The summed E-state index contributed by atoms with van der Waals surface area (Å²) in [6, 6.07) is 10.1. The number of urea groups is 1. The molecule has 4 nitrogen and oxygen atoms in total. The van der Waals surface area contributed by atoms with Gasteiger partial charge in [-0.25, -0.2) is 4.79 Å². The van der Waals surface area contributed by atoms with Gasteiger partial charge in [-0.3, -0.25) is 4.90 Å². The number of hydrogen-bond acceptors (Lipinski definition) is 2. The molecule has 0 aliphatic carbocycles. The molecule has 26 heavy (non-hydrogen) atoms. The van der Waals surface area contributed by atoms with Crippen LogP contribution in [-0.2, 0) is 0 Å². The van der Waals surface area contributed by atoms with Crippen molar-refractivity contribution < 1.29 is 9.90 Å². The van der Waals surface area contributed by atoms with E-state index in [4.69, 9.17) is 0 Å². The van der Waals surface area contributed by atoms with Gasteiger partial charge in [-0.1, -0.05) is 63.8 Å². The van der Waals surface area contributed by atoms with Crippen LogP contribution in [0.1, 0.15) is 32.4 Å². The molecule has 3 atom stereocenters. The quantitative estimate of drug-likeness (QED) is 0.614. The number of amides is 2. The lowest BCUT2D eigenvalue weighted by Crippen LogP contribution is -2.34. The van der Waals surface area contributed by atoms with E-state index in [9.17, 15) is 9.90 Å². The molecule has 1 heterocycles. The van der Waals surface area contributed by atoms with Gasteiger partial charge >= 0.3 is 6.03 Å². The van der Waals surface area contributed by atoms with Gasteiger partial charge in [-0.2, -0.15) is 0 Å². The highest BCUT2D eigenvalue weighted by Gasteiger charge is 2.41. The summed E-state index contributed by atoms with van der Waals surface area (Å²) < 4.78 is 0. The van der Waals surface area contributed by atoms with E-state index in [0.29, 0.717) is 0 Å². The minimum absolute atomic E-state index is 0.0344. The Bertz CT molecular complexity index is 702. The number of aliphatic hydroxyl groups is 1. The SMILES string of the molecule is CC(C)[C@H](O)C(=C=CN1C(=O)N(C)[C@@H](C)[C@H]1c1ccccc1)[Si](C)(C)C. The maximum absolute atomic E-state index is 12.8. The number of rotatable bonds is 5. The van der Waals surface area contributed by atoms with Gasteiger partial charge in [-0.15, -0.1) is 5.73 Å². The van der Waals surface area contributed by atoms with Gasteiger partial charge in [0, 0.05) is 7.05 Å². The zero-order valence-corrected chi connectivity index (χ0v) is 18.0. The summed E-state index contributed by atoms with van der Waals surface area (Å²) >= 11 is 0. The predicted molar refractivity (Wildman–Crippen MR) is 109 cm³/mol. The predicted octanol–water partition coefficient (Wildman–Crippen LogP) is 4.42. The summed E-state index contributed by atoms with van der Waals surface area (Å²) in [6.45, 7) is 12.7. The van der Waals surface area contributed by atoms with Crippen LogP contribution in [0.3, 0.4) is 0 Å². The molecule has 0 unspecified atom stereocenters. The van der Waals surface area contributed by atoms with E-state index in [0.717, 1.165) is 10.8 Å². The van der Waals surface area contributed by atoms with Gasteiger partial charge in [0.25, 0.3) is 0 Å². The first kappa shape index (κ1) is 20.5. The summed E-state index contributed by atoms with van der Waals surface area (Å²) in [7, 11) is 0.0672. The lowest BCUT2D eigenvalue weighted by molar-refractivity contribution is 0.166. The number of likely N-dealkylation sites (N-methyl/N-ethyl adjacent to an activating group) is 1. The fourth-order valence-corrected chi connectivity index (χ4v) is 5.08. The maximum Gasteiger partial charge on any atom is 0.325 e. The van der Waals surface area contributed by atoms with Crippen molar-refractivity contribution in [2.45, 2.75) is 58.6 Å². The monoisotopic (exact) mass is 372 g/mol. The normalized spacial score (nSPS) is 21.8. The van der Waals surface area contributed by atoms with Crippen molar-refractivity contribution in [2.24, 2.45) is 5.92 Å². The Balaban J connectivity index is 2.51. The Kier molecular flexibility index (Phi) is 6.17. The Labute approximate surface area is 158 Å². The number of carbonyl (C=O) groups excluding carboxylic acids is 1. The molecule has 5 heteroatoms. The fourth-order valence-electron chi connectivity index (χ4n) is 3.36. The molecule has 1 fully saturated rings. The molecule has 0 spiro atoms. The van der Waals surface area contributed by atoms with Crippen molar-refractivity contribution in [1.29, 1.82) is 0 Å². The van der Waals surface area contributed by atoms with Crippen LogP contribution in [0.2, 0.25) is 19.6 Å². The lowest BCUT2D eigenvalue weighted by atomic mass is 10.0. The van der Waals surface area contributed by atoms with E-state index < -0.39 is 14.2 Å². The van der Waals surface area contributed by atoms with Crippen LogP contribution >= 0.6 is 0 Å². The van der Waals surface area contributed by atoms with Crippen molar-refractivity contribution in [3.63, 3.8) is 0 Å². The molecule has 1 aromatic rings. The minimum atomic E-state index is -1.77. The third kappa shape index (κ3) is 4.12. The van der Waals surface area contributed by atoms with Gasteiger partial charge in [0.05, 0.1) is 32.5 Å². The van der Waals surface area contributed by atoms with E-state index >= 15 is 0 Å². The van der Waals surface area contributed by atoms with Crippen molar-refractivity contribution in [3.05, 3.63) is 53.0 Å². The molecule has 1 N–H and O–H groups in total. The third-order valence-electron chi connectivity index (χ3n) is 5.13. The summed E-state index contributed by atoms with van der Waals surface area (Å²) in [5.74, 6) is 0.124. The van der Waals surface area contributed by atoms with Crippen molar-refractivity contribution in [2.75, 3.05) is 7.05 Å². The van der Waals surface area contributed by atoms with Crippen LogP contribution in [0.4, 0.5) is 4.79 Å². The van der Waals surface area contributed by atoms with Crippen LogP contribution in [0.15, 0.2) is 47.5 Å². The highest BCUT2D eigenvalue weighted by Crippen LogP contribution is 2.34. The lowest BCUT2D eigenvalue weighted by Gasteiger charge is -2.27. The topological polar surface area (TPSA) is 43.8 Å². The largest absolute Gasteiger partial charge is 0.388 e. The molecule has 1 saturated heterocycles. The number of nitrogens with zero attached hydrogens (tertiary/aromatic N) is 2. The standard InChI is InChI=1S/C21H32N2O2Si/c1-15(2)20(24)18(26(5,6)7)13-14-23-19(16(3)22(4)21(23)25)17-11-9-8-10-12-17/h8-12,14-16,19-20,24H,1-7H3/t13?,16-,19-,20-/m0/s1. The van der Waals surface area contributed by atoms with Gasteiger partial charge in [-0.05, 0) is 23.6 Å². The Morgan fingerprint density at radius 3 is 2.31 bits per heavy atom. The van der Waals surface area contributed by atoms with Gasteiger partial charge in [0.1, 0.15) is 0 Å². The second kappa shape index (κ2) is 7.83. The number of aliphatic hydroxyl groups excluding tert-OH is 1. The minimum Gasteiger partial charge on any atom is -0.388 e. The first-order valence-electron chi connectivity index (χ1n) is 9.31. The van der Waals surface area contributed by atoms with E-state index in [2.05, 4.69) is 44.4 Å². The molecule has 1 aromatic carbocycles. The Morgan fingerprint density at radius 2 is 1.81 bits per heavy atom. The average Bonchev–Trinajstić information content (AvgIpc) is 2.78. The van der Waals surface area contributed by atoms with Crippen LogP contribution in [0, 0.1) is 5.92 Å². The summed E-state index contributed by atoms with van der Waals surface area (Å²) in [6.07, 6.45) is 1.24. The molecule has 0 radical (unpaired) electrons. The fraction of sp³-hybridized carbons (Fsp3) is 0.524. The van der Waals surface area contributed by atoms with E-state index in [1.165, 1.54) is 0 Å². The highest BCUT2D eigenvalue weighted by atomic mass is 28.3. The van der Waals surface area contributed by atoms with Crippen molar-refractivity contribution >= 4 is 14.1 Å². The summed E-state index contributed by atoms with van der Waals surface area (Å²) in [5, 5.41) is 11.6. The maximum atomic E-state index is 12.8. The first-order chi connectivity index (χ1) is 12.1. The van der Waals surface area contributed by atoms with Gasteiger partial charge < -0.3 is 10.0 Å². The Morgan fingerprint density at radius 1 is 1.23 bits per heavy atom. The zero-order chi connectivity index (χ0) is 19.6. The molecule has 2 rings (SSSR count). The number of carbonyl (C=O) groups is 1. The third-order valence-corrected chi connectivity index (χ3v) is 7.18. The number of benzene rings is 1. The molecular weight excluding hydrogens is 340 g/mol. The van der Waals surface area contributed by atoms with Crippen molar-refractivity contribution in [1.82, 2.24) is 9.80 Å². The van der Waals surface area contributed by atoms with E-state index in [1.807, 2.05) is 39.1 Å². The highest BCUT2D eigenvalue weighted by molar-refractivity contribution is 6.83. The summed E-state index contributed by atoms with van der Waals surface area (Å²) in [5.41, 5.74) is 4.44. The van der Waals surface area contributed by atoms with Crippen LogP contribution in [-0.4, -0.2) is 48.2 Å². The van der Waals surface area contributed by atoms with E-state index in [1.54, 1.807) is 16.0 Å². The first-order valence-corrected chi connectivity index (χ1v) is 12.8. The van der Waals surface area contributed by atoms with Crippen LogP contribution in [0.5, 0.6) is 0 Å². The average molecular weight is 373 g/mol. The zero-order valence-electron chi connectivity index (χ0n) is 17.0. The molecule has 2 amide bonds. The second-order valence-corrected chi connectivity index (χ2v) is 13.6. The molecule has 1 aliphatic heterocycles. The van der Waals surface area contributed by atoms with Gasteiger partial charge in [0.15, 0.2) is 0 Å². The van der Waals surface area contributed by atoms with Gasteiger partial charge in [0.2, 0.25) is 0 Å². The van der Waals surface area contributed by atoms with E-state index in [-0.39, 0.29) is 24.0 Å². The van der Waals surface area contributed by atoms with Crippen LogP contribution in [0.25, 0.3) is 0 Å². The molecule has 0 bridgehead atoms.